The Morgan fingerprint density at radius 1 is 0.868 bits per heavy atom. The van der Waals surface area contributed by atoms with Crippen LogP contribution in [0.5, 0.6) is 11.5 Å². The molecule has 0 saturated carbocycles. The highest BCUT2D eigenvalue weighted by atomic mass is 35.5. The zero-order valence-corrected chi connectivity index (χ0v) is 31.8. The molecule has 4 aromatic rings. The topological polar surface area (TPSA) is 99.2 Å². The number of nitrogens with one attached hydrogen (secondary N) is 1. The van der Waals surface area contributed by atoms with Gasteiger partial charge in [0.2, 0.25) is 0 Å². The molecule has 11 heteroatoms. The van der Waals surface area contributed by atoms with Gasteiger partial charge in [0.05, 0.1) is 29.8 Å². The van der Waals surface area contributed by atoms with Crippen LogP contribution in [0.25, 0.3) is 0 Å². The van der Waals surface area contributed by atoms with Crippen LogP contribution < -0.4 is 14.8 Å². The lowest BCUT2D eigenvalue weighted by Crippen LogP contribution is -2.52. The number of hydrogen-bond donors (Lipinski definition) is 1. The smallest absolute Gasteiger partial charge is 0.338 e. The van der Waals surface area contributed by atoms with Gasteiger partial charge in [-0.15, -0.1) is 0 Å². The van der Waals surface area contributed by atoms with E-state index in [2.05, 4.69) is 15.2 Å². The number of methoxy groups -OCH3 is 2. The number of pyridine rings is 1. The fraction of sp³-hybridized carbons (Fsp3) is 0.405. The molecule has 7 rings (SSSR count). The molecule has 3 fully saturated rings. The van der Waals surface area contributed by atoms with Crippen molar-refractivity contribution in [3.8, 4) is 11.5 Å². The first-order valence-corrected chi connectivity index (χ1v) is 19.1. The van der Waals surface area contributed by atoms with Gasteiger partial charge < -0.3 is 24.3 Å². The minimum absolute atomic E-state index is 0.0266. The lowest BCUT2D eigenvalue weighted by atomic mass is 9.86. The third kappa shape index (κ3) is 10.1. The fourth-order valence-electron chi connectivity index (χ4n) is 7.27. The van der Waals surface area contributed by atoms with Crippen molar-refractivity contribution in [3.05, 3.63) is 123 Å². The zero-order valence-electron chi connectivity index (χ0n) is 30.3. The highest BCUT2D eigenvalue weighted by Crippen LogP contribution is 2.36. The molecular weight excluding hydrogens is 713 g/mol. The minimum Gasteiger partial charge on any atom is -0.493 e. The molecule has 2 bridgehead atoms. The van der Waals surface area contributed by atoms with Crippen molar-refractivity contribution < 1.29 is 28.5 Å². The van der Waals surface area contributed by atoms with E-state index in [0.29, 0.717) is 50.7 Å². The van der Waals surface area contributed by atoms with Gasteiger partial charge >= 0.3 is 11.9 Å². The first-order valence-electron chi connectivity index (χ1n) is 18.3. The maximum absolute atomic E-state index is 13.6. The summed E-state index contributed by atoms with van der Waals surface area (Å²) in [7, 11) is 3.12. The summed E-state index contributed by atoms with van der Waals surface area (Å²) >= 11 is 12.9. The Hall–Kier alpha value is -4.15. The number of carbonyl (C=O) groups excluding carboxylic acids is 2. The van der Waals surface area contributed by atoms with Crippen LogP contribution in [0.2, 0.25) is 10.0 Å². The van der Waals surface area contributed by atoms with Crippen molar-refractivity contribution in [3.63, 3.8) is 0 Å². The lowest BCUT2D eigenvalue weighted by molar-refractivity contribution is -0.161. The Morgan fingerprint density at radius 3 is 2.32 bits per heavy atom. The third-order valence-electron chi connectivity index (χ3n) is 10.3. The summed E-state index contributed by atoms with van der Waals surface area (Å²) in [4.78, 5) is 33.5. The van der Waals surface area contributed by atoms with Gasteiger partial charge in [-0.2, -0.15) is 0 Å². The van der Waals surface area contributed by atoms with Crippen molar-refractivity contribution in [2.24, 2.45) is 5.92 Å². The summed E-state index contributed by atoms with van der Waals surface area (Å²) in [5.41, 5.74) is 3.74. The van der Waals surface area contributed by atoms with Gasteiger partial charge in [-0.25, -0.2) is 9.59 Å². The summed E-state index contributed by atoms with van der Waals surface area (Å²) in [5, 5.41) is 4.25. The van der Waals surface area contributed by atoms with E-state index in [0.717, 1.165) is 69.3 Å². The molecule has 0 radical (unpaired) electrons. The monoisotopic (exact) mass is 759 g/mol. The molecule has 1 aromatic heterocycles. The highest BCUT2D eigenvalue weighted by molar-refractivity contribution is 6.35. The maximum Gasteiger partial charge on any atom is 0.338 e. The van der Waals surface area contributed by atoms with Gasteiger partial charge in [-0.3, -0.25) is 9.88 Å². The molecule has 53 heavy (non-hydrogen) atoms. The second-order valence-electron chi connectivity index (χ2n) is 13.7. The van der Waals surface area contributed by atoms with Crippen LogP contribution in [-0.2, 0) is 27.1 Å². The normalized spacial score (nSPS) is 18.9. The Labute approximate surface area is 321 Å². The van der Waals surface area contributed by atoms with E-state index in [1.54, 1.807) is 32.4 Å². The van der Waals surface area contributed by atoms with E-state index in [9.17, 15) is 9.59 Å². The standard InChI is InChI=1S/C42H47Cl2N3O6/c1-50-36-16-15-31(23-38(36)51-2)37(24-33-34(43)25-45-26-35(33)44)52-41(48)32-14-9-11-28(22-32)10-5-4-8-19-46-40(30-12-6-3-7-13-30)42(49)53-39-27-47-20-17-29(39)18-21-47/h3,6-7,9,11-16,22-23,25-26,29,37,39-40,46H,4-5,8,10,17-21,24,27H2,1-2H3/t37?,39-,40?/m0/s1. The van der Waals surface area contributed by atoms with Crippen LogP contribution in [-0.4, -0.2) is 68.3 Å². The van der Waals surface area contributed by atoms with Crippen molar-refractivity contribution in [1.82, 2.24) is 15.2 Å². The SMILES string of the molecule is COc1ccc(C(Cc2c(Cl)cncc2Cl)OC(=O)c2cccc(CCCCCNC(C(=O)O[C@H]3CN4CCC3CC4)c3ccccc3)c2)cc1OC. The average Bonchev–Trinajstić information content (AvgIpc) is 3.19. The minimum atomic E-state index is -0.719. The van der Waals surface area contributed by atoms with E-state index in [1.807, 2.05) is 54.6 Å². The van der Waals surface area contributed by atoms with E-state index >= 15 is 0 Å². The molecule has 3 atom stereocenters. The van der Waals surface area contributed by atoms with Crippen molar-refractivity contribution >= 4 is 35.1 Å². The Morgan fingerprint density at radius 2 is 1.62 bits per heavy atom. The molecule has 0 amide bonds. The van der Waals surface area contributed by atoms with Gasteiger partial charge in [-0.05, 0) is 104 Å². The first kappa shape index (κ1) is 38.6. The molecule has 9 nitrogen and oxygen atoms in total. The molecule has 2 unspecified atom stereocenters. The molecule has 3 aliphatic rings. The Kier molecular flexibility index (Phi) is 13.6. The Bertz CT molecular complexity index is 1810. The number of carbonyl (C=O) groups is 2. The molecule has 4 heterocycles. The third-order valence-corrected chi connectivity index (χ3v) is 10.9. The van der Waals surface area contributed by atoms with Crippen LogP contribution in [0.3, 0.4) is 0 Å². The largest absolute Gasteiger partial charge is 0.493 e. The van der Waals surface area contributed by atoms with Gasteiger partial charge in [-0.1, -0.05) is 78.2 Å². The van der Waals surface area contributed by atoms with Gasteiger partial charge in [0.15, 0.2) is 11.5 Å². The lowest BCUT2D eigenvalue weighted by Gasteiger charge is -2.44. The van der Waals surface area contributed by atoms with E-state index < -0.39 is 18.1 Å². The van der Waals surface area contributed by atoms with E-state index in [-0.39, 0.29) is 18.5 Å². The van der Waals surface area contributed by atoms with Crippen molar-refractivity contribution in [2.75, 3.05) is 40.4 Å². The predicted octanol–water partition coefficient (Wildman–Crippen LogP) is 8.23. The van der Waals surface area contributed by atoms with Crippen LogP contribution >= 0.6 is 23.2 Å². The summed E-state index contributed by atoms with van der Waals surface area (Å²) in [6.07, 6.45) is 8.29. The maximum atomic E-state index is 13.6. The number of ether oxygens (including phenoxy) is 4. The number of rotatable bonds is 17. The predicted molar refractivity (Wildman–Crippen MR) is 206 cm³/mol. The van der Waals surface area contributed by atoms with Crippen LogP contribution in [0.1, 0.15) is 76.9 Å². The van der Waals surface area contributed by atoms with Crippen LogP contribution in [0, 0.1) is 5.92 Å². The van der Waals surface area contributed by atoms with E-state index in [1.165, 1.54) is 12.4 Å². The molecule has 1 N–H and O–H groups in total. The van der Waals surface area contributed by atoms with Gasteiger partial charge in [0.1, 0.15) is 18.2 Å². The second-order valence-corrected chi connectivity index (χ2v) is 14.5. The number of benzene rings is 3. The zero-order chi connectivity index (χ0) is 37.2. The quantitative estimate of drug-likeness (QED) is 0.0844. The van der Waals surface area contributed by atoms with Crippen LogP contribution in [0.15, 0.2) is 85.2 Å². The Balaban J connectivity index is 1.04. The second kappa shape index (κ2) is 18.7. The molecular formula is C42H47Cl2N3O6. The number of aromatic nitrogens is 1. The highest BCUT2D eigenvalue weighted by Gasteiger charge is 2.37. The van der Waals surface area contributed by atoms with Gasteiger partial charge in [0.25, 0.3) is 0 Å². The average molecular weight is 761 g/mol. The number of aryl methyl sites for hydroxylation is 1. The summed E-state index contributed by atoms with van der Waals surface area (Å²) < 4.78 is 23.2. The summed E-state index contributed by atoms with van der Waals surface area (Å²) in [5.74, 6) is 0.872. The number of nitrogens with zero attached hydrogens (tertiary/aromatic N) is 2. The van der Waals surface area contributed by atoms with Gasteiger partial charge in [0, 0.05) is 25.4 Å². The number of fused-ring (bicyclic) bond motifs is 3. The first-order chi connectivity index (χ1) is 25.8. The van der Waals surface area contributed by atoms with Crippen LogP contribution in [0.4, 0.5) is 0 Å². The molecule has 3 aliphatic heterocycles. The molecule has 0 aliphatic carbocycles. The molecule has 0 spiro atoms. The fourth-order valence-corrected chi connectivity index (χ4v) is 7.79. The van der Waals surface area contributed by atoms with Crippen molar-refractivity contribution in [1.29, 1.82) is 0 Å². The molecule has 280 valence electrons. The molecule has 3 aromatic carbocycles. The number of piperidine rings is 3. The number of esters is 2. The summed E-state index contributed by atoms with van der Waals surface area (Å²) in [6.45, 7) is 3.73. The molecule has 3 saturated heterocycles. The van der Waals surface area contributed by atoms with Crippen molar-refractivity contribution in [2.45, 2.75) is 63.2 Å². The number of hydrogen-bond acceptors (Lipinski definition) is 9. The summed E-state index contributed by atoms with van der Waals surface area (Å²) in [6, 6.07) is 22.3. The van der Waals surface area contributed by atoms with E-state index in [4.69, 9.17) is 42.1 Å². The number of halogens is 2. The number of unbranched alkanes of at least 4 members (excludes halogenated alkanes) is 2.